The van der Waals surface area contributed by atoms with E-state index in [1.807, 2.05) is 80.5 Å². The number of benzene rings is 1. The Kier molecular flexibility index (Phi) is 23.0. The maximum atomic E-state index is 14.4. The van der Waals surface area contributed by atoms with Crippen molar-refractivity contribution in [1.82, 2.24) is 14.9 Å². The van der Waals surface area contributed by atoms with Gasteiger partial charge >= 0.3 is 16.8 Å². The number of carbonyl (C=O) groups excluding carboxylic acids is 7. The molecule has 8 bridgehead atoms. The summed E-state index contributed by atoms with van der Waals surface area (Å²) in [6.07, 6.45) is -4.79. The Hall–Kier alpha value is -7.00. The van der Waals surface area contributed by atoms with Crippen molar-refractivity contribution in [3.8, 4) is 0 Å². The van der Waals surface area contributed by atoms with Gasteiger partial charge in [-0.05, 0) is 119 Å². The van der Waals surface area contributed by atoms with E-state index in [9.17, 15) is 53.2 Å². The second-order valence-corrected chi connectivity index (χ2v) is 28.3. The van der Waals surface area contributed by atoms with Gasteiger partial charge in [-0.15, -0.1) is 0 Å². The summed E-state index contributed by atoms with van der Waals surface area (Å²) < 4.78 is 31.9. The molecule has 8 rings (SSSR count). The van der Waals surface area contributed by atoms with Gasteiger partial charge in [0.1, 0.15) is 18.3 Å². The molecule has 10 unspecified atom stereocenters. The fourth-order valence-electron chi connectivity index (χ4n) is 15.3. The van der Waals surface area contributed by atoms with E-state index in [4.69, 9.17) is 80.3 Å². The van der Waals surface area contributed by atoms with Gasteiger partial charge in [0.05, 0.1) is 41.3 Å². The van der Waals surface area contributed by atoms with Crippen molar-refractivity contribution in [2.45, 2.75) is 189 Å². The molecule has 93 heavy (non-hydrogen) atoms. The van der Waals surface area contributed by atoms with Crippen LogP contribution >= 0.6 is 7.82 Å². The topological polar surface area (TPSA) is 489 Å². The number of rotatable bonds is 26. The van der Waals surface area contributed by atoms with Crippen molar-refractivity contribution in [2.24, 2.45) is 94.7 Å². The number of allylic oxidation sites excluding steroid dienone is 6. The van der Waals surface area contributed by atoms with Crippen LogP contribution in [0.4, 0.5) is 0 Å². The molecule has 2 aromatic rings. The molecule has 28 nitrogen and oxygen atoms in total. The van der Waals surface area contributed by atoms with Gasteiger partial charge in [-0.3, -0.25) is 53.1 Å². The molecule has 15 N–H and O–H groups in total. The quantitative estimate of drug-likeness (QED) is 0.0481. The van der Waals surface area contributed by atoms with Crippen molar-refractivity contribution >= 4 is 77.3 Å². The molecule has 2 saturated heterocycles. The number of aryl methyl sites for hydroxylation is 2. The summed E-state index contributed by atoms with van der Waals surface area (Å²) in [4.78, 5) is 128. The van der Waals surface area contributed by atoms with Gasteiger partial charge in [0, 0.05) is 108 Å². The largest absolute Gasteiger partial charge is 3.00 e. The van der Waals surface area contributed by atoms with Crippen LogP contribution in [0.3, 0.4) is 0 Å². The first-order valence-electron chi connectivity index (χ1n) is 30.7. The summed E-state index contributed by atoms with van der Waals surface area (Å²) in [5, 5.41) is 36.4. The number of phosphoric acid groups is 1. The van der Waals surface area contributed by atoms with Crippen molar-refractivity contribution in [3.05, 3.63) is 75.8 Å². The number of amides is 7. The van der Waals surface area contributed by atoms with Gasteiger partial charge in [-0.25, -0.2) is 4.98 Å². The summed E-state index contributed by atoms with van der Waals surface area (Å²) >= 11 is 0. The minimum Gasteiger partial charge on any atom is -0.756 e. The monoisotopic (exact) mass is 1350 g/mol. The number of imidazole rings is 1. The summed E-state index contributed by atoms with van der Waals surface area (Å²) in [5.41, 5.74) is 36.7. The van der Waals surface area contributed by atoms with Crippen LogP contribution in [0.1, 0.15) is 150 Å². The number of primary amides is 6. The molecule has 7 amide bonds. The molecule has 508 valence electrons. The summed E-state index contributed by atoms with van der Waals surface area (Å²) in [7, 11) is -5.32. The van der Waals surface area contributed by atoms with Crippen LogP contribution in [0, 0.1) is 71.0 Å². The van der Waals surface area contributed by atoms with Crippen molar-refractivity contribution in [1.29, 1.82) is 5.26 Å². The fourth-order valence-corrected chi connectivity index (χ4v) is 16.4. The van der Waals surface area contributed by atoms with Crippen LogP contribution in [0.15, 0.2) is 67.8 Å². The maximum Gasteiger partial charge on any atom is 3.00 e. The second kappa shape index (κ2) is 28.5. The minimum atomic E-state index is -5.32. The average molecular weight is 1360 g/mol. The normalized spacial score (nSPS) is 31.0. The van der Waals surface area contributed by atoms with E-state index in [2.05, 4.69) is 10.3 Å². The van der Waals surface area contributed by atoms with Crippen LogP contribution in [0.5, 0.6) is 0 Å². The van der Waals surface area contributed by atoms with Gasteiger partial charge in [-0.1, -0.05) is 40.7 Å². The number of aromatic nitrogens is 2. The maximum absolute atomic E-state index is 14.4. The molecule has 0 radical (unpaired) electrons. The number of ether oxygens (including phenoxy) is 1. The Bertz CT molecular complexity index is 3600. The standard InChI is InChI=1S/C62H90N13O14P.CN.Co/c1-29-20-39-40(21-30(29)2)75(28-70-39)57-52(84)53(41(27-76)87-57)89-90(85,86)88-31(3)26-69-49(83)18-19-59(8)37(22-46(66)80)56-62(11)61(10,25-48(68)82)36(14-17-45(65)79)51(74-62)33(5)55-60(9,24-47(67)81)34(12-15-43(63)77)38(71-55)23-42-58(6,7)35(13-16-44(64)78)50(72-42)32(4)54(59)73-56;1-2;/h20-21,23,28,31,34-37,41,52-53,56-57,76,84H,12-19,22,24-27H2,1-11H3,(H15,63,64,65,66,67,68,69,71,72,73,74,77,78,79,80,81,82,83,85,86);;/q;-1;+3/p-2/t31?,34?,35?,36?,37?,41?,52?,53?,56-,57?,59+,60-,61-,62-;;/m0../s1. The zero-order valence-corrected chi connectivity index (χ0v) is 56.4. The minimum absolute atomic E-state index is 0. The Morgan fingerprint density at radius 1 is 0.806 bits per heavy atom. The van der Waals surface area contributed by atoms with E-state index in [1.165, 1.54) is 17.8 Å². The van der Waals surface area contributed by atoms with E-state index in [-0.39, 0.29) is 94.0 Å². The van der Waals surface area contributed by atoms with Crippen LogP contribution in [-0.2, 0) is 68.7 Å². The number of aliphatic imine (C=N–C) groups is 3. The summed E-state index contributed by atoms with van der Waals surface area (Å²) in [6.45, 7) is 23.7. The fraction of sp³-hybridized carbons (Fsp3) is 0.619. The third-order valence-corrected chi connectivity index (χ3v) is 21.6. The number of hydrogen-bond acceptors (Lipinski definition) is 19. The molecule has 15 atom stereocenters. The molecule has 0 aliphatic carbocycles. The van der Waals surface area contributed by atoms with Gasteiger partial charge in [0.15, 0.2) is 6.23 Å². The molecule has 1 aromatic heterocycles. The van der Waals surface area contributed by atoms with Gasteiger partial charge in [-0.2, -0.15) is 5.70 Å². The third-order valence-electron chi connectivity index (χ3n) is 20.5. The summed E-state index contributed by atoms with van der Waals surface area (Å²) in [6, 6.07) is 2.65. The molecule has 1 aromatic carbocycles. The van der Waals surface area contributed by atoms with E-state index in [0.29, 0.717) is 56.4 Å². The Morgan fingerprint density at radius 2 is 1.39 bits per heavy atom. The van der Waals surface area contributed by atoms with Gasteiger partial charge in [0.25, 0.3) is 7.82 Å². The number of nitrogens with two attached hydrogens (primary N) is 6. The van der Waals surface area contributed by atoms with E-state index >= 15 is 0 Å². The molecule has 6 aliphatic heterocycles. The molecule has 2 fully saturated rings. The number of carbonyl (C=O) groups is 7. The van der Waals surface area contributed by atoms with Crippen LogP contribution in [0.2, 0.25) is 0 Å². The van der Waals surface area contributed by atoms with Crippen molar-refractivity contribution in [2.75, 3.05) is 13.2 Å². The average Bonchev–Trinajstić information content (AvgIpc) is 1.53. The predicted molar refractivity (Wildman–Crippen MR) is 337 cm³/mol. The van der Waals surface area contributed by atoms with E-state index in [0.717, 1.165) is 11.1 Å². The van der Waals surface area contributed by atoms with E-state index < -0.39 is 143 Å². The number of nitrogens with one attached hydrogen (secondary N) is 1. The molecular weight excluding hydrogens is 1270 g/mol. The van der Waals surface area contributed by atoms with Gasteiger partial charge < -0.3 is 90.3 Å². The Balaban J connectivity index is 0.00000453. The van der Waals surface area contributed by atoms with Gasteiger partial charge in [0.2, 0.25) is 41.4 Å². The van der Waals surface area contributed by atoms with E-state index in [1.54, 1.807) is 6.92 Å². The number of fused-ring (bicyclic) bond motifs is 7. The smallest absolute Gasteiger partial charge is 0.756 e. The first kappa shape index (κ1) is 75.0. The van der Waals surface area contributed by atoms with Crippen molar-refractivity contribution in [3.63, 3.8) is 0 Å². The Labute approximate surface area is 551 Å². The molecule has 6 aliphatic rings. The molecule has 0 saturated carbocycles. The molecule has 30 heteroatoms. The molecular formula is C63H88CoN14O14P. The number of nitrogens with zero attached hydrogens (tertiary/aromatic N) is 7. The zero-order chi connectivity index (χ0) is 68.7. The number of aliphatic hydroxyl groups excluding tert-OH is 2. The SMILES string of the molecule is CC1=C2[N-][C@@H](C(CC(N)=O)[C@@]2(C)CCC(=O)NCC(C)OP(=O)([O-])OC2C(CO)OC(n3cnc4cc(C)c(C)cc43)C2O)[C@]2(C)N=C(C(C)=C3N=C(C=C4N=C1C(CCC(N)=O)C4(C)C)C(CCC(N)=O)[C@]3(C)CC(N)=O)C(CCC(N)=O)[C@]2(C)CC(N)=O.[C-]#N.[Co+3]. The second-order valence-electron chi connectivity index (χ2n) is 27.0. The molecule has 7 heterocycles. The number of aliphatic hydroxyl groups is 2. The third kappa shape index (κ3) is 14.6. The number of hydrogen-bond donors (Lipinski definition) is 9. The Morgan fingerprint density at radius 3 is 1.96 bits per heavy atom. The first-order chi connectivity index (χ1) is 42.8. The van der Waals surface area contributed by atoms with Crippen molar-refractivity contribution < 1.29 is 83.8 Å². The summed E-state index contributed by atoms with van der Waals surface area (Å²) in [5.74, 6) is -7.40. The number of phosphoric ester groups is 1. The van der Waals surface area contributed by atoms with Crippen LogP contribution in [0.25, 0.3) is 16.4 Å². The van der Waals surface area contributed by atoms with Crippen LogP contribution in [-0.4, -0.2) is 127 Å². The van der Waals surface area contributed by atoms with Crippen LogP contribution < -0.4 is 44.6 Å². The first-order valence-corrected chi connectivity index (χ1v) is 32.2. The molecule has 0 spiro atoms. The zero-order valence-electron chi connectivity index (χ0n) is 54.4. The predicted octanol–water partition coefficient (Wildman–Crippen LogP) is 3.41.